The normalized spacial score (nSPS) is 13.5. The Labute approximate surface area is 107 Å². The van der Waals surface area contributed by atoms with Crippen molar-refractivity contribution >= 4 is 23.7 Å². The van der Waals surface area contributed by atoms with E-state index in [9.17, 15) is 19.2 Å². The lowest BCUT2D eigenvalue weighted by molar-refractivity contribution is 0.0683. The molecule has 7 nitrogen and oxygen atoms in total. The van der Waals surface area contributed by atoms with Crippen LogP contribution in [0, 0.1) is 0 Å². The maximum Gasteiger partial charge on any atom is 0.336 e. The minimum atomic E-state index is -1.34. The van der Waals surface area contributed by atoms with Gasteiger partial charge in [0.15, 0.2) is 0 Å². The van der Waals surface area contributed by atoms with Crippen LogP contribution in [0.1, 0.15) is 41.4 Å². The lowest BCUT2D eigenvalue weighted by atomic mass is 9.99. The fourth-order valence-electron chi connectivity index (χ4n) is 1.91. The van der Waals surface area contributed by atoms with E-state index in [0.29, 0.717) is 0 Å². The third-order valence-corrected chi connectivity index (χ3v) is 2.93. The number of rotatable bonds is 2. The molecule has 3 amide bonds. The lowest BCUT2D eigenvalue weighted by Crippen LogP contribution is -2.24. The second-order valence-electron chi connectivity index (χ2n) is 4.00. The highest BCUT2D eigenvalue weighted by molar-refractivity contribution is 6.23. The number of hydrogen-bond donors (Lipinski definition) is 2. The van der Waals surface area contributed by atoms with E-state index in [-0.39, 0.29) is 22.3 Å². The summed E-state index contributed by atoms with van der Waals surface area (Å²) in [7, 11) is 2.64. The van der Waals surface area contributed by atoms with E-state index in [1.165, 1.54) is 14.1 Å². The molecule has 0 radical (unpaired) electrons. The number of nitrogens with zero attached hydrogens (tertiary/aromatic N) is 1. The number of amides is 3. The van der Waals surface area contributed by atoms with Crippen LogP contribution in [0.2, 0.25) is 0 Å². The standard InChI is InChI=1S/C12H10N2O5/c1-13-9(15)5-3-6-7(4-8(5)12(18)19)11(17)14(2)10(6)16/h3-4H,1-2H3,(H,13,15)(H,18,19). The molecule has 0 saturated carbocycles. The van der Waals surface area contributed by atoms with Gasteiger partial charge in [0.05, 0.1) is 22.3 Å². The van der Waals surface area contributed by atoms with E-state index >= 15 is 0 Å². The van der Waals surface area contributed by atoms with Gasteiger partial charge in [0.2, 0.25) is 0 Å². The van der Waals surface area contributed by atoms with Gasteiger partial charge in [-0.25, -0.2) is 4.79 Å². The van der Waals surface area contributed by atoms with Crippen molar-refractivity contribution in [3.63, 3.8) is 0 Å². The molecule has 2 N–H and O–H groups in total. The Kier molecular flexibility index (Phi) is 2.82. The second-order valence-corrected chi connectivity index (χ2v) is 4.00. The summed E-state index contributed by atoms with van der Waals surface area (Å²) in [6.07, 6.45) is 0. The molecule has 1 aromatic rings. The van der Waals surface area contributed by atoms with Crippen molar-refractivity contribution in [3.05, 3.63) is 34.4 Å². The van der Waals surface area contributed by atoms with E-state index in [0.717, 1.165) is 17.0 Å². The highest BCUT2D eigenvalue weighted by Gasteiger charge is 2.35. The highest BCUT2D eigenvalue weighted by Crippen LogP contribution is 2.25. The van der Waals surface area contributed by atoms with Crippen LogP contribution < -0.4 is 5.32 Å². The molecule has 0 atom stereocenters. The zero-order valence-corrected chi connectivity index (χ0v) is 10.2. The fraction of sp³-hybridized carbons (Fsp3) is 0.167. The van der Waals surface area contributed by atoms with Gasteiger partial charge >= 0.3 is 5.97 Å². The van der Waals surface area contributed by atoms with Crippen LogP contribution in [0.25, 0.3) is 0 Å². The first-order valence-corrected chi connectivity index (χ1v) is 5.34. The molecule has 0 unspecified atom stereocenters. The molecule has 1 heterocycles. The average Bonchev–Trinajstić information content (AvgIpc) is 2.61. The Hall–Kier alpha value is -2.70. The molecule has 2 rings (SSSR count). The summed E-state index contributed by atoms with van der Waals surface area (Å²) in [6.45, 7) is 0. The molecule has 0 bridgehead atoms. The molecule has 1 aromatic carbocycles. The quantitative estimate of drug-likeness (QED) is 0.728. The molecule has 19 heavy (non-hydrogen) atoms. The first-order valence-electron chi connectivity index (χ1n) is 5.34. The van der Waals surface area contributed by atoms with Crippen molar-refractivity contribution in [1.82, 2.24) is 10.2 Å². The van der Waals surface area contributed by atoms with Crippen molar-refractivity contribution in [2.45, 2.75) is 0 Å². The molecule has 0 saturated heterocycles. The lowest BCUT2D eigenvalue weighted by Gasteiger charge is -2.06. The van der Waals surface area contributed by atoms with Crippen molar-refractivity contribution in [2.24, 2.45) is 0 Å². The van der Waals surface area contributed by atoms with Crippen molar-refractivity contribution in [2.75, 3.05) is 14.1 Å². The topological polar surface area (TPSA) is 104 Å². The fourth-order valence-corrected chi connectivity index (χ4v) is 1.91. The number of benzene rings is 1. The van der Waals surface area contributed by atoms with Gasteiger partial charge in [-0.05, 0) is 12.1 Å². The Morgan fingerprint density at radius 1 is 1.11 bits per heavy atom. The van der Waals surface area contributed by atoms with Crippen LogP contribution in [-0.4, -0.2) is 47.8 Å². The van der Waals surface area contributed by atoms with Crippen molar-refractivity contribution in [1.29, 1.82) is 0 Å². The molecule has 1 aliphatic heterocycles. The molecule has 0 aromatic heterocycles. The predicted octanol–water partition coefficient (Wildman–Crippen LogP) is -0.0298. The van der Waals surface area contributed by atoms with Gasteiger partial charge in [-0.1, -0.05) is 0 Å². The summed E-state index contributed by atoms with van der Waals surface area (Å²) in [4.78, 5) is 47.1. The second kappa shape index (κ2) is 4.20. The summed E-state index contributed by atoms with van der Waals surface area (Å²) >= 11 is 0. The number of carboxylic acids is 1. The average molecular weight is 262 g/mol. The summed E-state index contributed by atoms with van der Waals surface area (Å²) < 4.78 is 0. The molecule has 1 aliphatic rings. The first-order chi connectivity index (χ1) is 8.88. The van der Waals surface area contributed by atoms with E-state index in [2.05, 4.69) is 5.32 Å². The van der Waals surface area contributed by atoms with E-state index < -0.39 is 23.7 Å². The van der Waals surface area contributed by atoms with Gasteiger partial charge in [0, 0.05) is 14.1 Å². The van der Waals surface area contributed by atoms with Crippen LogP contribution >= 0.6 is 0 Å². The summed E-state index contributed by atoms with van der Waals surface area (Å²) in [5.41, 5.74) is -0.423. The molecular weight excluding hydrogens is 252 g/mol. The molecule has 7 heteroatoms. The highest BCUT2D eigenvalue weighted by atomic mass is 16.4. The number of aromatic carboxylic acids is 1. The molecule has 0 spiro atoms. The monoisotopic (exact) mass is 262 g/mol. The number of carbonyl (C=O) groups is 4. The SMILES string of the molecule is CNC(=O)c1cc2c(cc1C(=O)O)C(=O)N(C)C2=O. The summed E-state index contributed by atoms with van der Waals surface area (Å²) in [5, 5.41) is 11.4. The first kappa shape index (κ1) is 12.7. The third kappa shape index (κ3) is 1.75. The number of hydrogen-bond acceptors (Lipinski definition) is 4. The van der Waals surface area contributed by atoms with Crippen LogP contribution in [0.3, 0.4) is 0 Å². The molecular formula is C12H10N2O5. The minimum Gasteiger partial charge on any atom is -0.478 e. The van der Waals surface area contributed by atoms with Gasteiger partial charge in [-0.2, -0.15) is 0 Å². The van der Waals surface area contributed by atoms with Crippen LogP contribution in [0.15, 0.2) is 12.1 Å². The molecule has 0 fully saturated rings. The third-order valence-electron chi connectivity index (χ3n) is 2.93. The molecule has 98 valence electrons. The predicted molar refractivity (Wildman–Crippen MR) is 63.2 cm³/mol. The van der Waals surface area contributed by atoms with Gasteiger partial charge in [0.1, 0.15) is 0 Å². The van der Waals surface area contributed by atoms with E-state index in [1.807, 2.05) is 0 Å². The zero-order valence-electron chi connectivity index (χ0n) is 10.2. The van der Waals surface area contributed by atoms with Gasteiger partial charge < -0.3 is 10.4 Å². The number of carbonyl (C=O) groups excluding carboxylic acids is 3. The van der Waals surface area contributed by atoms with E-state index in [4.69, 9.17) is 5.11 Å². The van der Waals surface area contributed by atoms with Crippen LogP contribution in [-0.2, 0) is 0 Å². The van der Waals surface area contributed by atoms with Gasteiger partial charge in [-0.15, -0.1) is 0 Å². The Balaban J connectivity index is 2.73. The van der Waals surface area contributed by atoms with Crippen molar-refractivity contribution in [3.8, 4) is 0 Å². The van der Waals surface area contributed by atoms with E-state index in [1.54, 1.807) is 0 Å². The Morgan fingerprint density at radius 2 is 1.58 bits per heavy atom. The number of nitrogens with one attached hydrogen (secondary N) is 1. The van der Waals surface area contributed by atoms with Gasteiger partial charge in [0.25, 0.3) is 17.7 Å². The maximum absolute atomic E-state index is 11.8. The number of carboxylic acid groups (broad SMARTS) is 1. The number of imide groups is 1. The van der Waals surface area contributed by atoms with Crippen molar-refractivity contribution < 1.29 is 24.3 Å². The zero-order chi connectivity index (χ0) is 14.3. The Bertz CT molecular complexity index is 635. The maximum atomic E-state index is 11.8. The minimum absolute atomic E-state index is 0.00227. The Morgan fingerprint density at radius 3 is 2.00 bits per heavy atom. The van der Waals surface area contributed by atoms with Crippen LogP contribution in [0.5, 0.6) is 0 Å². The summed E-state index contributed by atoms with van der Waals surface area (Å²) in [6, 6.07) is 2.20. The number of fused-ring (bicyclic) bond motifs is 1. The van der Waals surface area contributed by atoms with Gasteiger partial charge in [-0.3, -0.25) is 19.3 Å². The van der Waals surface area contributed by atoms with Crippen LogP contribution in [0.4, 0.5) is 0 Å². The smallest absolute Gasteiger partial charge is 0.336 e. The molecule has 0 aliphatic carbocycles. The largest absolute Gasteiger partial charge is 0.478 e. The summed E-state index contributed by atoms with van der Waals surface area (Å²) in [5.74, 6) is -3.10.